The van der Waals surface area contributed by atoms with E-state index >= 15 is 0 Å². The van der Waals surface area contributed by atoms with Crippen molar-refractivity contribution in [2.75, 3.05) is 0 Å². The summed E-state index contributed by atoms with van der Waals surface area (Å²) >= 11 is 1.12. The molecule has 2 aromatic rings. The molecule has 0 unspecified atom stereocenters. The molecule has 0 bridgehead atoms. The van der Waals surface area contributed by atoms with Crippen molar-refractivity contribution < 1.29 is 14.7 Å². The van der Waals surface area contributed by atoms with Gasteiger partial charge in [0.05, 0.1) is 5.01 Å². The van der Waals surface area contributed by atoms with Gasteiger partial charge < -0.3 is 5.11 Å². The monoisotopic (exact) mass is 262 g/mol. The van der Waals surface area contributed by atoms with E-state index in [-0.39, 0.29) is 16.4 Å². The fraction of sp³-hybridized carbons (Fsp3) is 0.167. The number of thiazole rings is 1. The summed E-state index contributed by atoms with van der Waals surface area (Å²) in [4.78, 5) is 30.5. The van der Waals surface area contributed by atoms with E-state index < -0.39 is 5.97 Å². The Labute approximate surface area is 107 Å². The molecule has 2 heterocycles. The fourth-order valence-electron chi connectivity index (χ4n) is 1.50. The molecule has 2 aromatic heterocycles. The smallest absolute Gasteiger partial charge is 0.356 e. The summed E-state index contributed by atoms with van der Waals surface area (Å²) < 4.78 is 0. The van der Waals surface area contributed by atoms with Crippen LogP contribution in [-0.4, -0.2) is 26.8 Å². The van der Waals surface area contributed by atoms with E-state index in [9.17, 15) is 9.59 Å². The van der Waals surface area contributed by atoms with Gasteiger partial charge in [-0.15, -0.1) is 11.3 Å². The largest absolute Gasteiger partial charge is 0.476 e. The molecule has 0 aliphatic heterocycles. The van der Waals surface area contributed by atoms with E-state index in [0.29, 0.717) is 11.4 Å². The van der Waals surface area contributed by atoms with Gasteiger partial charge in [-0.3, -0.25) is 9.78 Å². The van der Waals surface area contributed by atoms with Crippen molar-refractivity contribution in [1.29, 1.82) is 0 Å². The Morgan fingerprint density at radius 2 is 2.22 bits per heavy atom. The molecule has 2 rings (SSSR count). The average molecular weight is 262 g/mol. The second-order valence-corrected chi connectivity index (χ2v) is 4.77. The Hall–Kier alpha value is -2.08. The number of carbonyl (C=O) groups is 2. The highest BCUT2D eigenvalue weighted by atomic mass is 32.1. The molecule has 0 saturated carbocycles. The summed E-state index contributed by atoms with van der Waals surface area (Å²) in [6.07, 6.45) is 3.83. The lowest BCUT2D eigenvalue weighted by Gasteiger charge is -1.94. The number of pyridine rings is 1. The molecule has 18 heavy (non-hydrogen) atoms. The van der Waals surface area contributed by atoms with Gasteiger partial charge in [-0.2, -0.15) is 0 Å². The molecule has 1 N–H and O–H groups in total. The number of nitrogens with zero attached hydrogens (tertiary/aromatic N) is 2. The second kappa shape index (κ2) is 5.05. The Bertz CT molecular complexity index is 561. The molecule has 0 spiro atoms. The lowest BCUT2D eigenvalue weighted by atomic mass is 10.2. The van der Waals surface area contributed by atoms with Crippen molar-refractivity contribution in [2.45, 2.75) is 13.3 Å². The summed E-state index contributed by atoms with van der Waals surface area (Å²) in [5.41, 5.74) is 0.768. The van der Waals surface area contributed by atoms with Gasteiger partial charge in [0.15, 0.2) is 11.5 Å². The maximum atomic E-state index is 11.3. The Balaban J connectivity index is 2.33. The van der Waals surface area contributed by atoms with Crippen LogP contribution in [0.15, 0.2) is 24.5 Å². The lowest BCUT2D eigenvalue weighted by Crippen LogP contribution is -2.03. The van der Waals surface area contributed by atoms with Gasteiger partial charge in [-0.25, -0.2) is 9.78 Å². The minimum Gasteiger partial charge on any atom is -0.476 e. The van der Waals surface area contributed by atoms with E-state index in [0.717, 1.165) is 16.9 Å². The first-order chi connectivity index (χ1) is 8.58. The zero-order valence-corrected chi connectivity index (χ0v) is 10.4. The minimum absolute atomic E-state index is 0.161. The summed E-state index contributed by atoms with van der Waals surface area (Å²) in [5, 5.41) is 9.58. The molecular weight excluding hydrogens is 252 g/mol. The highest BCUT2D eigenvalue weighted by molar-refractivity contribution is 7.14. The van der Waals surface area contributed by atoms with Crippen LogP contribution in [0.4, 0.5) is 0 Å². The molecule has 0 saturated heterocycles. The third-order valence-electron chi connectivity index (χ3n) is 2.27. The zero-order chi connectivity index (χ0) is 13.1. The van der Waals surface area contributed by atoms with Gasteiger partial charge in [-0.05, 0) is 11.6 Å². The van der Waals surface area contributed by atoms with Gasteiger partial charge in [0.1, 0.15) is 4.88 Å². The Kier molecular flexibility index (Phi) is 3.47. The fourth-order valence-corrected chi connectivity index (χ4v) is 2.49. The predicted octanol–water partition coefficient (Wildman–Crippen LogP) is 2.03. The maximum Gasteiger partial charge on any atom is 0.356 e. The zero-order valence-electron chi connectivity index (χ0n) is 9.58. The van der Waals surface area contributed by atoms with Crippen LogP contribution < -0.4 is 0 Å². The molecule has 6 heteroatoms. The number of rotatable bonds is 4. The number of carboxylic acid groups (broad SMARTS) is 1. The molecule has 0 radical (unpaired) electrons. The quantitative estimate of drug-likeness (QED) is 0.853. The minimum atomic E-state index is -1.17. The number of hydrogen-bond acceptors (Lipinski definition) is 5. The molecule has 0 aliphatic carbocycles. The number of aromatic nitrogens is 2. The molecule has 0 fully saturated rings. The van der Waals surface area contributed by atoms with Crippen molar-refractivity contribution in [3.63, 3.8) is 0 Å². The van der Waals surface area contributed by atoms with Crippen LogP contribution in [0.2, 0.25) is 0 Å². The first-order valence-corrected chi connectivity index (χ1v) is 6.02. The van der Waals surface area contributed by atoms with Crippen molar-refractivity contribution in [1.82, 2.24) is 9.97 Å². The summed E-state index contributed by atoms with van der Waals surface area (Å²) in [6.45, 7) is 1.34. The highest BCUT2D eigenvalue weighted by Crippen LogP contribution is 2.21. The Morgan fingerprint density at radius 1 is 1.44 bits per heavy atom. The van der Waals surface area contributed by atoms with Gasteiger partial charge in [0.2, 0.25) is 0 Å². The molecular formula is C12H10N2O3S. The highest BCUT2D eigenvalue weighted by Gasteiger charge is 2.20. The molecule has 0 atom stereocenters. The topological polar surface area (TPSA) is 80.2 Å². The third kappa shape index (κ3) is 2.60. The average Bonchev–Trinajstić information content (AvgIpc) is 2.74. The maximum absolute atomic E-state index is 11.3. The van der Waals surface area contributed by atoms with Crippen LogP contribution in [-0.2, 0) is 6.42 Å². The normalized spacial score (nSPS) is 10.3. The van der Waals surface area contributed by atoms with Crippen molar-refractivity contribution in [2.24, 2.45) is 0 Å². The first-order valence-electron chi connectivity index (χ1n) is 5.20. The predicted molar refractivity (Wildman–Crippen MR) is 66.1 cm³/mol. The van der Waals surface area contributed by atoms with Gasteiger partial charge in [0.25, 0.3) is 0 Å². The molecule has 92 valence electrons. The molecule has 0 aromatic carbocycles. The van der Waals surface area contributed by atoms with Crippen LogP contribution in [0.25, 0.3) is 0 Å². The number of Topliss-reactive ketones (excluding diaryl/α,β-unsaturated/α-hetero) is 1. The van der Waals surface area contributed by atoms with Crippen LogP contribution >= 0.6 is 11.3 Å². The molecule has 5 nitrogen and oxygen atoms in total. The van der Waals surface area contributed by atoms with Crippen LogP contribution in [0.1, 0.15) is 37.7 Å². The number of hydrogen-bond donors (Lipinski definition) is 1. The van der Waals surface area contributed by atoms with E-state index in [1.54, 1.807) is 18.5 Å². The van der Waals surface area contributed by atoms with E-state index in [1.165, 1.54) is 6.92 Å². The first kappa shape index (κ1) is 12.4. The summed E-state index contributed by atoms with van der Waals surface area (Å²) in [5.74, 6) is -1.45. The summed E-state index contributed by atoms with van der Waals surface area (Å²) in [6, 6.07) is 3.68. The number of carbonyl (C=O) groups excluding carboxylic acids is 1. The summed E-state index contributed by atoms with van der Waals surface area (Å²) in [7, 11) is 0. The van der Waals surface area contributed by atoms with Crippen molar-refractivity contribution in [3.8, 4) is 0 Å². The number of aromatic carboxylic acids is 1. The molecule has 0 aliphatic rings. The Morgan fingerprint density at radius 3 is 2.72 bits per heavy atom. The SMILES string of the molecule is CC(=O)c1sc(Cc2cccnc2)nc1C(=O)O. The van der Waals surface area contributed by atoms with Gasteiger partial charge >= 0.3 is 5.97 Å². The number of ketones is 1. The third-order valence-corrected chi connectivity index (χ3v) is 3.43. The second-order valence-electron chi connectivity index (χ2n) is 3.68. The van der Waals surface area contributed by atoms with Crippen LogP contribution in [0.5, 0.6) is 0 Å². The van der Waals surface area contributed by atoms with Gasteiger partial charge in [0, 0.05) is 25.7 Å². The van der Waals surface area contributed by atoms with Gasteiger partial charge in [-0.1, -0.05) is 6.07 Å². The van der Waals surface area contributed by atoms with Crippen molar-refractivity contribution >= 4 is 23.1 Å². The van der Waals surface area contributed by atoms with Crippen LogP contribution in [0, 0.1) is 0 Å². The van der Waals surface area contributed by atoms with E-state index in [1.807, 2.05) is 6.07 Å². The number of carboxylic acids is 1. The molecule has 0 amide bonds. The van der Waals surface area contributed by atoms with E-state index in [2.05, 4.69) is 9.97 Å². The standard InChI is InChI=1S/C12H10N2O3S/c1-7(15)11-10(12(16)17)14-9(18-11)5-8-3-2-4-13-6-8/h2-4,6H,5H2,1H3,(H,16,17). The lowest BCUT2D eigenvalue weighted by molar-refractivity contribution is 0.0687. The van der Waals surface area contributed by atoms with Crippen molar-refractivity contribution in [3.05, 3.63) is 45.7 Å². The van der Waals surface area contributed by atoms with E-state index in [4.69, 9.17) is 5.11 Å². The van der Waals surface area contributed by atoms with Crippen LogP contribution in [0.3, 0.4) is 0 Å².